The number of esters is 1. The van der Waals surface area contributed by atoms with E-state index in [1.807, 2.05) is 48.5 Å². The molecule has 1 saturated heterocycles. The first-order valence-corrected chi connectivity index (χ1v) is 7.95. The van der Waals surface area contributed by atoms with Crippen molar-refractivity contribution < 1.29 is 19.1 Å². The Morgan fingerprint density at radius 1 is 1.08 bits per heavy atom. The van der Waals surface area contributed by atoms with Crippen LogP contribution in [0.5, 0.6) is 11.5 Å². The lowest BCUT2D eigenvalue weighted by Crippen LogP contribution is -2.43. The fourth-order valence-corrected chi connectivity index (χ4v) is 3.58. The fourth-order valence-electron chi connectivity index (χ4n) is 3.58. The van der Waals surface area contributed by atoms with Crippen molar-refractivity contribution >= 4 is 11.9 Å². The summed E-state index contributed by atoms with van der Waals surface area (Å²) in [5.41, 5.74) is 1.78. The number of rotatable bonds is 2. The summed E-state index contributed by atoms with van der Waals surface area (Å²) < 4.78 is 10.9. The molecule has 0 N–H and O–H groups in total. The maximum atomic E-state index is 12.6. The third-order valence-corrected chi connectivity index (χ3v) is 4.65. The van der Waals surface area contributed by atoms with Crippen LogP contribution in [0.25, 0.3) is 0 Å². The summed E-state index contributed by atoms with van der Waals surface area (Å²) in [7, 11) is 1.36. The molecule has 5 nitrogen and oxygen atoms in total. The lowest BCUT2D eigenvalue weighted by molar-refractivity contribution is -0.150. The number of amides is 1. The summed E-state index contributed by atoms with van der Waals surface area (Å²) in [5, 5.41) is 0. The van der Waals surface area contributed by atoms with Crippen LogP contribution in [-0.4, -0.2) is 29.9 Å². The lowest BCUT2D eigenvalue weighted by Gasteiger charge is -2.36. The second-order valence-electron chi connectivity index (χ2n) is 5.96. The summed E-state index contributed by atoms with van der Waals surface area (Å²) >= 11 is 0. The number of likely N-dealkylation sites (tertiary alicyclic amines) is 1. The smallest absolute Gasteiger partial charge is 0.328 e. The van der Waals surface area contributed by atoms with Gasteiger partial charge in [0, 0.05) is 17.5 Å². The summed E-state index contributed by atoms with van der Waals surface area (Å²) in [6.07, 6.45) is 0.828. The van der Waals surface area contributed by atoms with Gasteiger partial charge in [0.05, 0.1) is 13.2 Å². The number of fused-ring (bicyclic) bond motifs is 2. The summed E-state index contributed by atoms with van der Waals surface area (Å²) in [4.78, 5) is 26.4. The van der Waals surface area contributed by atoms with Gasteiger partial charge in [0.25, 0.3) is 0 Å². The molecule has 2 aliphatic rings. The Morgan fingerprint density at radius 3 is 2.25 bits per heavy atom. The highest BCUT2D eigenvalue weighted by Crippen LogP contribution is 2.47. The summed E-state index contributed by atoms with van der Waals surface area (Å²) in [5.74, 6) is 1.01. The average Bonchev–Trinajstić information content (AvgIpc) is 3.00. The third-order valence-electron chi connectivity index (χ3n) is 4.65. The van der Waals surface area contributed by atoms with Crippen molar-refractivity contribution in [3.05, 3.63) is 59.7 Å². The molecule has 0 aliphatic carbocycles. The average molecular weight is 323 g/mol. The molecule has 0 spiro atoms. The number of nitrogens with zero attached hydrogens (tertiary/aromatic N) is 1. The maximum Gasteiger partial charge on any atom is 0.328 e. The summed E-state index contributed by atoms with van der Waals surface area (Å²) in [6, 6.07) is 14.4. The van der Waals surface area contributed by atoms with E-state index in [2.05, 4.69) is 0 Å². The van der Waals surface area contributed by atoms with Gasteiger partial charge in [-0.2, -0.15) is 0 Å². The van der Waals surface area contributed by atoms with E-state index in [0.717, 1.165) is 11.1 Å². The van der Waals surface area contributed by atoms with Crippen LogP contribution >= 0.6 is 0 Å². The minimum absolute atomic E-state index is 0.0399. The zero-order valence-corrected chi connectivity index (χ0v) is 13.3. The van der Waals surface area contributed by atoms with Gasteiger partial charge in [-0.3, -0.25) is 4.79 Å². The highest BCUT2D eigenvalue weighted by molar-refractivity contribution is 5.89. The van der Waals surface area contributed by atoms with E-state index in [0.29, 0.717) is 24.3 Å². The zero-order valence-electron chi connectivity index (χ0n) is 13.3. The van der Waals surface area contributed by atoms with Gasteiger partial charge in [-0.1, -0.05) is 36.4 Å². The number of benzene rings is 2. The second kappa shape index (κ2) is 5.67. The minimum Gasteiger partial charge on any atom is -0.467 e. The van der Waals surface area contributed by atoms with Crippen molar-refractivity contribution in [1.29, 1.82) is 0 Å². The zero-order chi connectivity index (χ0) is 16.7. The Labute approximate surface area is 139 Å². The number of hydrogen-bond donors (Lipinski definition) is 0. The van der Waals surface area contributed by atoms with Gasteiger partial charge in [-0.25, -0.2) is 4.79 Å². The van der Waals surface area contributed by atoms with Gasteiger partial charge in [0.2, 0.25) is 5.91 Å². The summed E-state index contributed by atoms with van der Waals surface area (Å²) in [6.45, 7) is 0. The molecule has 2 heterocycles. The minimum atomic E-state index is -0.563. The molecule has 0 bridgehead atoms. The monoisotopic (exact) mass is 323 g/mol. The number of hydrogen-bond acceptors (Lipinski definition) is 4. The van der Waals surface area contributed by atoms with Gasteiger partial charge < -0.3 is 14.4 Å². The van der Waals surface area contributed by atoms with Crippen LogP contribution in [0.2, 0.25) is 0 Å². The van der Waals surface area contributed by atoms with Crippen molar-refractivity contribution in [2.45, 2.75) is 24.9 Å². The number of carbonyl (C=O) groups excluding carboxylic acids is 2. The molecular weight excluding hydrogens is 306 g/mol. The topological polar surface area (TPSA) is 55.8 Å². The van der Waals surface area contributed by atoms with Gasteiger partial charge in [0.1, 0.15) is 17.5 Å². The van der Waals surface area contributed by atoms with Crippen LogP contribution in [0.15, 0.2) is 48.5 Å². The molecule has 2 aromatic rings. The van der Waals surface area contributed by atoms with Gasteiger partial charge in [0.15, 0.2) is 0 Å². The van der Waals surface area contributed by atoms with Crippen LogP contribution in [0.3, 0.4) is 0 Å². The first kappa shape index (κ1) is 14.8. The molecule has 0 aromatic heterocycles. The standard InChI is InChI=1S/C19H17NO4/c1-23-19(22)14-10-11-17(21)20(14)18-12-6-2-4-8-15(12)24-16-9-5-3-7-13(16)18/h2-9,14,18H,10-11H2,1H3. The Kier molecular flexibility index (Phi) is 3.49. The van der Waals surface area contributed by atoms with Crippen LogP contribution in [0.1, 0.15) is 30.0 Å². The number of carbonyl (C=O) groups is 2. The highest BCUT2D eigenvalue weighted by Gasteiger charge is 2.44. The third kappa shape index (κ3) is 2.16. The largest absolute Gasteiger partial charge is 0.467 e. The Morgan fingerprint density at radius 2 is 1.67 bits per heavy atom. The molecule has 4 rings (SSSR count). The van der Waals surface area contributed by atoms with Crippen molar-refractivity contribution in [2.75, 3.05) is 7.11 Å². The molecule has 1 unspecified atom stereocenters. The first-order chi connectivity index (χ1) is 11.7. The SMILES string of the molecule is COC(=O)C1CCC(=O)N1C1c2ccccc2Oc2ccccc21. The van der Waals surface area contributed by atoms with E-state index < -0.39 is 6.04 Å². The molecule has 0 saturated carbocycles. The van der Waals surface area contributed by atoms with Crippen molar-refractivity contribution in [1.82, 2.24) is 4.90 Å². The molecule has 1 atom stereocenters. The second-order valence-corrected chi connectivity index (χ2v) is 5.96. The Balaban J connectivity index is 1.88. The Bertz CT molecular complexity index is 771. The van der Waals surface area contributed by atoms with Crippen molar-refractivity contribution in [3.63, 3.8) is 0 Å². The molecule has 1 fully saturated rings. The fraction of sp³-hybridized carbons (Fsp3) is 0.263. The maximum absolute atomic E-state index is 12.6. The lowest BCUT2D eigenvalue weighted by atomic mass is 9.92. The molecule has 5 heteroatoms. The van der Waals surface area contributed by atoms with Crippen LogP contribution < -0.4 is 4.74 Å². The molecule has 2 aromatic carbocycles. The van der Waals surface area contributed by atoms with Crippen molar-refractivity contribution in [3.8, 4) is 11.5 Å². The molecule has 1 amide bonds. The van der Waals surface area contributed by atoms with Crippen LogP contribution in [0, 0.1) is 0 Å². The van der Waals surface area contributed by atoms with Gasteiger partial charge in [-0.05, 0) is 18.6 Å². The molecule has 0 radical (unpaired) electrons. The van der Waals surface area contributed by atoms with Crippen LogP contribution in [-0.2, 0) is 14.3 Å². The van der Waals surface area contributed by atoms with Gasteiger partial charge >= 0.3 is 5.97 Å². The Hall–Kier alpha value is -2.82. The number of ether oxygens (including phenoxy) is 2. The molecule has 2 aliphatic heterocycles. The van der Waals surface area contributed by atoms with E-state index >= 15 is 0 Å². The predicted octanol–water partition coefficient (Wildman–Crippen LogP) is 3.05. The number of para-hydroxylation sites is 2. The van der Waals surface area contributed by atoms with E-state index in [-0.39, 0.29) is 17.9 Å². The van der Waals surface area contributed by atoms with E-state index in [4.69, 9.17) is 9.47 Å². The molecule has 122 valence electrons. The van der Waals surface area contributed by atoms with Crippen LogP contribution in [0.4, 0.5) is 0 Å². The van der Waals surface area contributed by atoms with Crippen molar-refractivity contribution in [2.24, 2.45) is 0 Å². The van der Waals surface area contributed by atoms with E-state index in [1.165, 1.54) is 7.11 Å². The van der Waals surface area contributed by atoms with Gasteiger partial charge in [-0.15, -0.1) is 0 Å². The first-order valence-electron chi connectivity index (χ1n) is 7.95. The highest BCUT2D eigenvalue weighted by atomic mass is 16.5. The quantitative estimate of drug-likeness (QED) is 0.797. The normalized spacial score (nSPS) is 19.5. The predicted molar refractivity (Wildman–Crippen MR) is 86.7 cm³/mol. The molecular formula is C19H17NO4. The number of methoxy groups -OCH3 is 1. The molecule has 24 heavy (non-hydrogen) atoms. The van der Waals surface area contributed by atoms with E-state index in [9.17, 15) is 9.59 Å². The van der Waals surface area contributed by atoms with E-state index in [1.54, 1.807) is 4.90 Å².